The van der Waals surface area contributed by atoms with E-state index in [1.807, 2.05) is 0 Å². The summed E-state index contributed by atoms with van der Waals surface area (Å²) in [4.78, 5) is 28.7. The van der Waals surface area contributed by atoms with Gasteiger partial charge in [-0.15, -0.1) is 0 Å². The first kappa shape index (κ1) is 26.1. The van der Waals surface area contributed by atoms with Crippen LogP contribution in [0.1, 0.15) is 31.2 Å². The van der Waals surface area contributed by atoms with Crippen LogP contribution < -0.4 is 10.6 Å². The Balaban J connectivity index is 1.67. The zero-order chi connectivity index (χ0) is 26.8. The third kappa shape index (κ3) is 6.62. The molecule has 0 bridgehead atoms. The van der Waals surface area contributed by atoms with Gasteiger partial charge in [0.15, 0.2) is 5.82 Å². The van der Waals surface area contributed by atoms with Gasteiger partial charge in [-0.1, -0.05) is 6.07 Å². The number of nitrogens with zero attached hydrogens (tertiary/aromatic N) is 5. The molecule has 2 N–H and O–H groups in total. The molecule has 1 aliphatic heterocycles. The molecule has 0 aromatic carbocycles. The average Bonchev–Trinajstić information content (AvgIpc) is 2.83. The fraction of sp³-hybridized carbons (Fsp3) is 0.348. The van der Waals surface area contributed by atoms with E-state index in [1.165, 1.54) is 25.1 Å². The fourth-order valence-electron chi connectivity index (χ4n) is 3.78. The number of pyridine rings is 2. The first-order valence-corrected chi connectivity index (χ1v) is 11.1. The van der Waals surface area contributed by atoms with E-state index >= 15 is 0 Å². The molecule has 0 atom stereocenters. The molecule has 14 heteroatoms. The molecule has 1 saturated heterocycles. The number of piperidine rings is 1. The van der Waals surface area contributed by atoms with Crippen LogP contribution in [0.4, 0.5) is 43.7 Å². The van der Waals surface area contributed by atoms with Crippen LogP contribution in [0.3, 0.4) is 0 Å². The van der Waals surface area contributed by atoms with Crippen molar-refractivity contribution in [1.82, 2.24) is 24.8 Å². The first-order chi connectivity index (χ1) is 17.4. The van der Waals surface area contributed by atoms with Gasteiger partial charge < -0.3 is 15.5 Å². The minimum Gasteiger partial charge on any atom is -0.367 e. The number of aromatic nitrogens is 4. The molecular weight excluding hydrogens is 504 g/mol. The van der Waals surface area contributed by atoms with Gasteiger partial charge in [0, 0.05) is 44.0 Å². The predicted molar refractivity (Wildman–Crippen MR) is 122 cm³/mol. The highest BCUT2D eigenvalue weighted by atomic mass is 19.4. The summed E-state index contributed by atoms with van der Waals surface area (Å²) in [7, 11) is 0. The number of alkyl halides is 6. The molecule has 37 heavy (non-hydrogen) atoms. The number of anilines is 3. The monoisotopic (exact) mass is 525 g/mol. The van der Waals surface area contributed by atoms with Gasteiger partial charge in [-0.25, -0.2) is 15.0 Å². The van der Waals surface area contributed by atoms with E-state index in [0.29, 0.717) is 25.9 Å². The SMILES string of the molecule is CC(=O)N1CCC(Nc2cc(Nc3ccnc(C(F)(F)F)c3)nc(-c3cccc(C(F)(F)F)n3)n2)CC1. The maximum atomic E-state index is 13.2. The Morgan fingerprint density at radius 3 is 2.24 bits per heavy atom. The molecule has 4 heterocycles. The van der Waals surface area contributed by atoms with E-state index in [2.05, 4.69) is 30.6 Å². The van der Waals surface area contributed by atoms with E-state index in [0.717, 1.165) is 24.4 Å². The lowest BCUT2D eigenvalue weighted by Crippen LogP contribution is -2.41. The summed E-state index contributed by atoms with van der Waals surface area (Å²) >= 11 is 0. The Labute approximate surface area is 207 Å². The zero-order valence-electron chi connectivity index (χ0n) is 19.4. The molecule has 3 aromatic rings. The van der Waals surface area contributed by atoms with Crippen LogP contribution >= 0.6 is 0 Å². The van der Waals surface area contributed by atoms with E-state index in [1.54, 1.807) is 4.90 Å². The number of carbonyl (C=O) groups excluding carboxylic acids is 1. The van der Waals surface area contributed by atoms with Gasteiger partial charge in [-0.2, -0.15) is 26.3 Å². The number of hydrogen-bond donors (Lipinski definition) is 2. The van der Waals surface area contributed by atoms with E-state index < -0.39 is 23.7 Å². The number of hydrogen-bond acceptors (Lipinski definition) is 7. The summed E-state index contributed by atoms with van der Waals surface area (Å²) in [6.07, 6.45) is -7.18. The summed E-state index contributed by atoms with van der Waals surface area (Å²) in [5.74, 6) is 0.0654. The standard InChI is InChI=1S/C23H21F6N7O/c1-13(37)36-9-6-14(7-10-36)31-19-12-20(32-15-5-8-30-18(11-15)23(27,28)29)35-21(34-19)16-3-2-4-17(33-16)22(24,25)26/h2-5,8,11-12,14H,6-7,9-10H2,1H3,(H2,30,31,32,34,35). The Bertz CT molecular complexity index is 1270. The molecule has 4 rings (SSSR count). The summed E-state index contributed by atoms with van der Waals surface area (Å²) in [5, 5.41) is 5.92. The topological polar surface area (TPSA) is 95.9 Å². The van der Waals surface area contributed by atoms with Crippen LogP contribution in [0.15, 0.2) is 42.6 Å². The third-order valence-electron chi connectivity index (χ3n) is 5.61. The van der Waals surface area contributed by atoms with Gasteiger partial charge in [0.05, 0.1) is 0 Å². The lowest BCUT2D eigenvalue weighted by atomic mass is 10.1. The number of rotatable bonds is 5. The van der Waals surface area contributed by atoms with Crippen LogP contribution in [-0.4, -0.2) is 49.9 Å². The average molecular weight is 525 g/mol. The molecule has 0 radical (unpaired) electrons. The van der Waals surface area contributed by atoms with E-state index in [-0.39, 0.29) is 40.8 Å². The van der Waals surface area contributed by atoms with E-state index in [9.17, 15) is 31.1 Å². The van der Waals surface area contributed by atoms with Crippen molar-refractivity contribution in [3.63, 3.8) is 0 Å². The molecular formula is C23H21F6N7O. The minimum absolute atomic E-state index is 0.0182. The molecule has 0 aliphatic carbocycles. The second-order valence-corrected chi connectivity index (χ2v) is 8.35. The summed E-state index contributed by atoms with van der Waals surface area (Å²) in [5.41, 5.74) is -2.41. The van der Waals surface area contributed by atoms with Crippen molar-refractivity contribution >= 4 is 23.2 Å². The maximum Gasteiger partial charge on any atom is 0.433 e. The van der Waals surface area contributed by atoms with Gasteiger partial charge in [0.25, 0.3) is 0 Å². The normalized spacial score (nSPS) is 14.9. The van der Waals surface area contributed by atoms with Gasteiger partial charge >= 0.3 is 12.4 Å². The smallest absolute Gasteiger partial charge is 0.367 e. The Hall–Kier alpha value is -3.97. The van der Waals surface area contributed by atoms with E-state index in [4.69, 9.17) is 0 Å². The number of nitrogens with one attached hydrogen (secondary N) is 2. The second-order valence-electron chi connectivity index (χ2n) is 8.35. The molecule has 0 unspecified atom stereocenters. The molecule has 0 spiro atoms. The Morgan fingerprint density at radius 1 is 0.919 bits per heavy atom. The number of carbonyl (C=O) groups is 1. The molecule has 1 fully saturated rings. The van der Waals surface area contributed by atoms with Gasteiger partial charge in [0.1, 0.15) is 28.7 Å². The van der Waals surface area contributed by atoms with Crippen molar-refractivity contribution in [3.05, 3.63) is 54.0 Å². The van der Waals surface area contributed by atoms with Crippen LogP contribution in [-0.2, 0) is 17.1 Å². The van der Waals surface area contributed by atoms with Crippen molar-refractivity contribution < 1.29 is 31.1 Å². The number of halogens is 6. The van der Waals surface area contributed by atoms with Crippen molar-refractivity contribution in [2.45, 2.75) is 38.2 Å². The second kappa shape index (κ2) is 10.2. The van der Waals surface area contributed by atoms with Crippen molar-refractivity contribution in [1.29, 1.82) is 0 Å². The van der Waals surface area contributed by atoms with Crippen LogP contribution in [0.25, 0.3) is 11.5 Å². The first-order valence-electron chi connectivity index (χ1n) is 11.1. The molecule has 3 aromatic heterocycles. The highest BCUT2D eigenvalue weighted by Gasteiger charge is 2.33. The van der Waals surface area contributed by atoms with Crippen molar-refractivity contribution in [3.8, 4) is 11.5 Å². The molecule has 8 nitrogen and oxygen atoms in total. The van der Waals surface area contributed by atoms with Crippen LogP contribution in [0.2, 0.25) is 0 Å². The summed E-state index contributed by atoms with van der Waals surface area (Å²) in [6.45, 7) is 2.51. The minimum atomic E-state index is -4.69. The lowest BCUT2D eigenvalue weighted by molar-refractivity contribution is -0.141. The molecule has 1 amide bonds. The third-order valence-corrected chi connectivity index (χ3v) is 5.61. The highest BCUT2D eigenvalue weighted by Crippen LogP contribution is 2.31. The Kier molecular flexibility index (Phi) is 7.18. The quantitative estimate of drug-likeness (QED) is 0.446. The maximum absolute atomic E-state index is 13.2. The van der Waals surface area contributed by atoms with Crippen LogP contribution in [0.5, 0.6) is 0 Å². The molecule has 196 valence electrons. The lowest BCUT2D eigenvalue weighted by Gasteiger charge is -2.32. The van der Waals surface area contributed by atoms with Gasteiger partial charge in [-0.3, -0.25) is 9.78 Å². The number of likely N-dealkylation sites (tertiary alicyclic amines) is 1. The largest absolute Gasteiger partial charge is 0.433 e. The molecule has 0 saturated carbocycles. The number of amides is 1. The zero-order valence-corrected chi connectivity index (χ0v) is 19.4. The highest BCUT2D eigenvalue weighted by molar-refractivity contribution is 5.73. The molecule has 1 aliphatic rings. The van der Waals surface area contributed by atoms with Crippen molar-refractivity contribution in [2.24, 2.45) is 0 Å². The Morgan fingerprint density at radius 2 is 1.59 bits per heavy atom. The van der Waals surface area contributed by atoms with Crippen molar-refractivity contribution in [2.75, 3.05) is 23.7 Å². The van der Waals surface area contributed by atoms with Gasteiger partial charge in [-0.05, 0) is 37.1 Å². The van der Waals surface area contributed by atoms with Gasteiger partial charge in [0.2, 0.25) is 5.91 Å². The predicted octanol–water partition coefficient (Wildman–Crippen LogP) is 5.14. The summed E-state index contributed by atoms with van der Waals surface area (Å²) in [6, 6.07) is 6.69. The fourth-order valence-corrected chi connectivity index (χ4v) is 3.78. The van der Waals surface area contributed by atoms with Crippen LogP contribution in [0, 0.1) is 0 Å². The summed E-state index contributed by atoms with van der Waals surface area (Å²) < 4.78 is 78.9.